The zero-order valence-corrected chi connectivity index (χ0v) is 15.6. The molecule has 2 N–H and O–H groups in total. The second kappa shape index (κ2) is 9.69. The van der Waals surface area contributed by atoms with Crippen molar-refractivity contribution in [2.45, 2.75) is 51.2 Å². The SMILES string of the molecule is CN=C(NCCCCC(F)(F)F)NC(C)c1cccc(N2CCCC2)c1. The Labute approximate surface area is 153 Å². The van der Waals surface area contributed by atoms with E-state index < -0.39 is 12.6 Å². The number of guanidine groups is 1. The van der Waals surface area contributed by atoms with Gasteiger partial charge in [-0.1, -0.05) is 12.1 Å². The summed E-state index contributed by atoms with van der Waals surface area (Å²) in [5.74, 6) is 0.607. The molecule has 4 nitrogen and oxygen atoms in total. The number of anilines is 1. The molecular weight excluding hydrogens is 341 g/mol. The number of hydrogen-bond acceptors (Lipinski definition) is 2. The average Bonchev–Trinajstić information content (AvgIpc) is 3.14. The minimum atomic E-state index is -4.07. The molecule has 1 unspecified atom stereocenters. The van der Waals surface area contributed by atoms with E-state index in [2.05, 4.69) is 51.7 Å². The van der Waals surface area contributed by atoms with Gasteiger partial charge in [0.05, 0.1) is 6.04 Å². The summed E-state index contributed by atoms with van der Waals surface area (Å²) < 4.78 is 36.5. The first-order valence-corrected chi connectivity index (χ1v) is 9.28. The minimum absolute atomic E-state index is 0.0546. The van der Waals surface area contributed by atoms with Crippen LogP contribution in [0.15, 0.2) is 29.3 Å². The molecule has 0 bridgehead atoms. The number of rotatable bonds is 7. The van der Waals surface area contributed by atoms with E-state index in [1.807, 2.05) is 0 Å². The molecule has 1 fully saturated rings. The Balaban J connectivity index is 1.81. The first-order chi connectivity index (χ1) is 12.4. The van der Waals surface area contributed by atoms with Gasteiger partial charge in [-0.25, -0.2) is 0 Å². The third-order valence-electron chi connectivity index (χ3n) is 4.60. The highest BCUT2D eigenvalue weighted by atomic mass is 19.4. The highest BCUT2D eigenvalue weighted by molar-refractivity contribution is 5.80. The number of halogens is 3. The molecule has 1 aliphatic rings. The number of hydrogen-bond donors (Lipinski definition) is 2. The molecule has 26 heavy (non-hydrogen) atoms. The molecule has 0 saturated carbocycles. The summed E-state index contributed by atoms with van der Waals surface area (Å²) in [7, 11) is 1.67. The van der Waals surface area contributed by atoms with E-state index in [-0.39, 0.29) is 12.5 Å². The van der Waals surface area contributed by atoms with Crippen LogP contribution in [0.3, 0.4) is 0 Å². The monoisotopic (exact) mass is 370 g/mol. The number of nitrogens with zero attached hydrogens (tertiary/aromatic N) is 2. The molecule has 1 aromatic rings. The second-order valence-electron chi connectivity index (χ2n) is 6.73. The number of nitrogens with one attached hydrogen (secondary N) is 2. The molecule has 0 spiro atoms. The van der Waals surface area contributed by atoms with Gasteiger partial charge in [-0.3, -0.25) is 4.99 Å². The Hall–Kier alpha value is -1.92. The highest BCUT2D eigenvalue weighted by Gasteiger charge is 2.25. The van der Waals surface area contributed by atoms with Gasteiger partial charge in [-0.15, -0.1) is 0 Å². The third-order valence-corrected chi connectivity index (χ3v) is 4.60. The van der Waals surface area contributed by atoms with Crippen molar-refractivity contribution < 1.29 is 13.2 Å². The van der Waals surface area contributed by atoms with Crippen molar-refractivity contribution in [3.05, 3.63) is 29.8 Å². The van der Waals surface area contributed by atoms with Crippen molar-refractivity contribution in [1.29, 1.82) is 0 Å². The first kappa shape index (κ1) is 20.4. The third kappa shape index (κ3) is 6.77. The van der Waals surface area contributed by atoms with Gasteiger partial charge in [0.1, 0.15) is 0 Å². The van der Waals surface area contributed by atoms with Gasteiger partial charge in [-0.2, -0.15) is 13.2 Å². The lowest BCUT2D eigenvalue weighted by Crippen LogP contribution is -2.39. The molecule has 1 heterocycles. The van der Waals surface area contributed by atoms with Gasteiger partial charge >= 0.3 is 6.18 Å². The van der Waals surface area contributed by atoms with E-state index in [9.17, 15) is 13.2 Å². The molecule has 0 radical (unpaired) electrons. The number of alkyl halides is 3. The predicted octanol–water partition coefficient (Wildman–Crippen LogP) is 4.25. The predicted molar refractivity (Wildman–Crippen MR) is 101 cm³/mol. The lowest BCUT2D eigenvalue weighted by atomic mass is 10.1. The molecule has 1 aromatic carbocycles. The molecule has 1 atom stereocenters. The number of aliphatic imine (C=N–C) groups is 1. The van der Waals surface area contributed by atoms with Crippen molar-refractivity contribution in [3.63, 3.8) is 0 Å². The highest BCUT2D eigenvalue weighted by Crippen LogP contribution is 2.24. The fourth-order valence-corrected chi connectivity index (χ4v) is 3.11. The van der Waals surface area contributed by atoms with Gasteiger partial charge in [-0.05, 0) is 50.3 Å². The van der Waals surface area contributed by atoms with Gasteiger partial charge in [0.25, 0.3) is 0 Å². The van der Waals surface area contributed by atoms with E-state index in [1.54, 1.807) is 7.05 Å². The van der Waals surface area contributed by atoms with Crippen LogP contribution in [-0.4, -0.2) is 38.8 Å². The van der Waals surface area contributed by atoms with Crippen LogP contribution in [0.1, 0.15) is 50.6 Å². The van der Waals surface area contributed by atoms with Gasteiger partial charge in [0.15, 0.2) is 5.96 Å². The Morgan fingerprint density at radius 3 is 2.62 bits per heavy atom. The van der Waals surface area contributed by atoms with Crippen molar-refractivity contribution >= 4 is 11.6 Å². The summed E-state index contributed by atoms with van der Waals surface area (Å²) in [5, 5.41) is 6.39. The van der Waals surface area contributed by atoms with Crippen LogP contribution < -0.4 is 15.5 Å². The maximum atomic E-state index is 12.2. The van der Waals surface area contributed by atoms with Crippen LogP contribution in [0.4, 0.5) is 18.9 Å². The molecule has 0 amide bonds. The molecule has 1 aliphatic heterocycles. The molecule has 2 rings (SSSR count). The molecule has 146 valence electrons. The quantitative estimate of drug-likeness (QED) is 0.428. The molecule has 0 aliphatic carbocycles. The number of unbranched alkanes of at least 4 members (excludes halogenated alkanes) is 1. The average molecular weight is 370 g/mol. The van der Waals surface area contributed by atoms with Crippen LogP contribution >= 0.6 is 0 Å². The Morgan fingerprint density at radius 2 is 1.96 bits per heavy atom. The largest absolute Gasteiger partial charge is 0.389 e. The summed E-state index contributed by atoms with van der Waals surface area (Å²) in [6.45, 7) is 4.73. The first-order valence-electron chi connectivity index (χ1n) is 9.28. The second-order valence-corrected chi connectivity index (χ2v) is 6.73. The summed E-state index contributed by atoms with van der Waals surface area (Å²) in [6.07, 6.45) is -1.75. The summed E-state index contributed by atoms with van der Waals surface area (Å²) in [6, 6.07) is 8.52. The molecule has 7 heteroatoms. The van der Waals surface area contributed by atoms with Crippen LogP contribution in [0.25, 0.3) is 0 Å². The zero-order chi connectivity index (χ0) is 19.0. The van der Waals surface area contributed by atoms with Crippen LogP contribution in [0, 0.1) is 0 Å². The Morgan fingerprint density at radius 1 is 1.23 bits per heavy atom. The maximum absolute atomic E-state index is 12.2. The Kier molecular flexibility index (Phi) is 7.60. The topological polar surface area (TPSA) is 39.7 Å². The van der Waals surface area contributed by atoms with Crippen LogP contribution in [0.5, 0.6) is 0 Å². The van der Waals surface area contributed by atoms with Crippen molar-refractivity contribution in [3.8, 4) is 0 Å². The van der Waals surface area contributed by atoms with Crippen LogP contribution in [-0.2, 0) is 0 Å². The normalized spacial score (nSPS) is 16.7. The molecule has 1 saturated heterocycles. The van der Waals surface area contributed by atoms with Gasteiger partial charge < -0.3 is 15.5 Å². The fraction of sp³-hybridized carbons (Fsp3) is 0.632. The lowest BCUT2D eigenvalue weighted by molar-refractivity contribution is -0.135. The fourth-order valence-electron chi connectivity index (χ4n) is 3.11. The summed E-state index contributed by atoms with van der Waals surface area (Å²) in [4.78, 5) is 6.55. The summed E-state index contributed by atoms with van der Waals surface area (Å²) >= 11 is 0. The van der Waals surface area contributed by atoms with Crippen molar-refractivity contribution in [2.75, 3.05) is 31.6 Å². The standard InChI is InChI=1S/C19H29F3N4/c1-15(16-8-7-9-17(14-16)26-12-5-6-13-26)25-18(23-2)24-11-4-3-10-19(20,21)22/h7-9,14-15H,3-6,10-13H2,1-2H3,(H2,23,24,25). The van der Waals surface area contributed by atoms with Crippen molar-refractivity contribution in [2.24, 2.45) is 4.99 Å². The summed E-state index contributed by atoms with van der Waals surface area (Å²) in [5.41, 5.74) is 2.40. The van der Waals surface area contributed by atoms with Crippen molar-refractivity contribution in [1.82, 2.24) is 10.6 Å². The van der Waals surface area contributed by atoms with E-state index in [4.69, 9.17) is 0 Å². The lowest BCUT2D eigenvalue weighted by Gasteiger charge is -2.22. The van der Waals surface area contributed by atoms with E-state index >= 15 is 0 Å². The smallest absolute Gasteiger partial charge is 0.372 e. The van der Waals surface area contributed by atoms with E-state index in [1.165, 1.54) is 18.5 Å². The number of benzene rings is 1. The van der Waals surface area contributed by atoms with E-state index in [0.29, 0.717) is 18.9 Å². The Bertz CT molecular complexity index is 580. The van der Waals surface area contributed by atoms with E-state index in [0.717, 1.165) is 18.7 Å². The maximum Gasteiger partial charge on any atom is 0.389 e. The van der Waals surface area contributed by atoms with Crippen LogP contribution in [0.2, 0.25) is 0 Å². The zero-order valence-electron chi connectivity index (χ0n) is 15.6. The molecule has 0 aromatic heterocycles. The molecular formula is C19H29F3N4. The minimum Gasteiger partial charge on any atom is -0.372 e. The van der Waals surface area contributed by atoms with Gasteiger partial charge in [0, 0.05) is 38.8 Å². The van der Waals surface area contributed by atoms with Gasteiger partial charge in [0.2, 0.25) is 0 Å².